The van der Waals surface area contributed by atoms with E-state index in [0.717, 1.165) is 28.6 Å². The van der Waals surface area contributed by atoms with Gasteiger partial charge in [-0.05, 0) is 40.9 Å². The van der Waals surface area contributed by atoms with Gasteiger partial charge in [0.25, 0.3) is 0 Å². The molecule has 1 aliphatic carbocycles. The van der Waals surface area contributed by atoms with Gasteiger partial charge in [-0.2, -0.15) is 0 Å². The second-order valence-corrected chi connectivity index (χ2v) is 6.11. The molecule has 1 aromatic rings. The number of aliphatic hydroxyl groups is 1. The first kappa shape index (κ1) is 15.3. The molecule has 0 heterocycles. The fourth-order valence-electron chi connectivity index (χ4n) is 3.02. The molecule has 0 unspecified atom stereocenters. The van der Waals surface area contributed by atoms with Crippen LogP contribution in [0.1, 0.15) is 37.7 Å². The molecule has 2 rings (SSSR count). The zero-order chi connectivity index (χ0) is 14.5. The quantitative estimate of drug-likeness (QED) is 0.570. The van der Waals surface area contributed by atoms with Crippen molar-refractivity contribution in [2.75, 3.05) is 18.1 Å². The predicted octanol–water partition coefficient (Wildman–Crippen LogP) is 2.86. The number of rotatable bonds is 5. The summed E-state index contributed by atoms with van der Waals surface area (Å²) < 4.78 is 0.834. The van der Waals surface area contributed by atoms with Crippen molar-refractivity contribution in [2.24, 2.45) is 5.73 Å². The van der Waals surface area contributed by atoms with E-state index >= 15 is 0 Å². The first-order chi connectivity index (χ1) is 9.65. The molecule has 1 aromatic carbocycles. The summed E-state index contributed by atoms with van der Waals surface area (Å²) in [6.07, 6.45) is 6.04. The Morgan fingerprint density at radius 3 is 2.65 bits per heavy atom. The molecule has 0 atom stereocenters. The monoisotopic (exact) mass is 339 g/mol. The first-order valence-electron chi connectivity index (χ1n) is 7.15. The largest absolute Gasteiger partial charge is 0.395 e. The van der Waals surface area contributed by atoms with Gasteiger partial charge < -0.3 is 15.7 Å². The average molecular weight is 340 g/mol. The van der Waals surface area contributed by atoms with Crippen LogP contribution >= 0.6 is 15.9 Å². The Hall–Kier alpha value is -1.07. The molecule has 0 bridgehead atoms. The predicted molar refractivity (Wildman–Crippen MR) is 86.5 cm³/mol. The number of benzene rings is 1. The van der Waals surface area contributed by atoms with Crippen molar-refractivity contribution in [3.05, 3.63) is 28.2 Å². The lowest BCUT2D eigenvalue weighted by atomic mass is 9.93. The lowest BCUT2D eigenvalue weighted by molar-refractivity contribution is 0.290. The van der Waals surface area contributed by atoms with E-state index in [1.54, 1.807) is 0 Å². The number of anilines is 1. The molecule has 0 spiro atoms. The van der Waals surface area contributed by atoms with Crippen molar-refractivity contribution in [3.63, 3.8) is 0 Å². The minimum absolute atomic E-state index is 0.0613. The van der Waals surface area contributed by atoms with E-state index in [-0.39, 0.29) is 12.4 Å². The van der Waals surface area contributed by atoms with Gasteiger partial charge in [-0.15, -0.1) is 0 Å². The maximum Gasteiger partial charge on any atom is 0.126 e. The number of hydrogen-bond donors (Lipinski definition) is 3. The van der Waals surface area contributed by atoms with E-state index in [4.69, 9.17) is 11.1 Å². The summed E-state index contributed by atoms with van der Waals surface area (Å²) in [5, 5.41) is 17.2. The lowest BCUT2D eigenvalue weighted by Crippen LogP contribution is -2.40. The first-order valence-corrected chi connectivity index (χ1v) is 7.95. The second kappa shape index (κ2) is 7.09. The Labute approximate surface area is 128 Å². The molecule has 0 saturated heterocycles. The molecule has 110 valence electrons. The molecule has 0 amide bonds. The molecule has 0 radical (unpaired) electrons. The Bertz CT molecular complexity index is 472. The van der Waals surface area contributed by atoms with Gasteiger partial charge in [0.1, 0.15) is 5.84 Å². The van der Waals surface area contributed by atoms with Crippen LogP contribution in [0.25, 0.3) is 0 Å². The van der Waals surface area contributed by atoms with Crippen molar-refractivity contribution in [1.29, 1.82) is 5.41 Å². The van der Waals surface area contributed by atoms with Crippen LogP contribution in [0.3, 0.4) is 0 Å². The summed E-state index contributed by atoms with van der Waals surface area (Å²) in [4.78, 5) is 2.22. The van der Waals surface area contributed by atoms with E-state index in [9.17, 15) is 5.11 Å². The molecule has 4 nitrogen and oxygen atoms in total. The lowest BCUT2D eigenvalue weighted by Gasteiger charge is -2.37. The normalized spacial score (nSPS) is 16.1. The number of hydrogen-bond acceptors (Lipinski definition) is 3. The van der Waals surface area contributed by atoms with Gasteiger partial charge in [-0.1, -0.05) is 25.3 Å². The van der Waals surface area contributed by atoms with Crippen LogP contribution in [-0.2, 0) is 0 Å². The zero-order valence-corrected chi connectivity index (χ0v) is 13.2. The highest BCUT2D eigenvalue weighted by Gasteiger charge is 2.24. The molecule has 1 fully saturated rings. The third-order valence-electron chi connectivity index (χ3n) is 3.93. The molecular weight excluding hydrogens is 318 g/mol. The molecule has 4 N–H and O–H groups in total. The number of amidine groups is 1. The summed E-state index contributed by atoms with van der Waals surface area (Å²) in [5.41, 5.74) is 7.42. The highest BCUT2D eigenvalue weighted by atomic mass is 79.9. The van der Waals surface area contributed by atoms with Crippen LogP contribution in [0.4, 0.5) is 5.69 Å². The Morgan fingerprint density at radius 2 is 2.05 bits per heavy atom. The van der Waals surface area contributed by atoms with Crippen molar-refractivity contribution >= 4 is 27.5 Å². The average Bonchev–Trinajstić information content (AvgIpc) is 2.45. The summed E-state index contributed by atoms with van der Waals surface area (Å²) in [7, 11) is 0. The van der Waals surface area contributed by atoms with Crippen molar-refractivity contribution in [2.45, 2.75) is 38.1 Å². The SMILES string of the molecule is N=C(N)c1c(Br)cccc1N(CCO)C1CCCCC1. The third kappa shape index (κ3) is 3.33. The Morgan fingerprint density at radius 1 is 1.35 bits per heavy atom. The summed E-state index contributed by atoms with van der Waals surface area (Å²) in [6, 6.07) is 6.28. The van der Waals surface area contributed by atoms with Gasteiger partial charge in [-0.3, -0.25) is 5.41 Å². The summed E-state index contributed by atoms with van der Waals surface area (Å²) in [5.74, 6) is 0.0613. The Kier molecular flexibility index (Phi) is 5.43. The van der Waals surface area contributed by atoms with E-state index in [2.05, 4.69) is 20.8 Å². The van der Waals surface area contributed by atoms with E-state index in [0.29, 0.717) is 12.6 Å². The maximum atomic E-state index is 9.39. The number of halogens is 1. The van der Waals surface area contributed by atoms with Gasteiger partial charge >= 0.3 is 0 Å². The molecule has 20 heavy (non-hydrogen) atoms. The highest BCUT2D eigenvalue weighted by molar-refractivity contribution is 9.10. The van der Waals surface area contributed by atoms with Gasteiger partial charge in [0, 0.05) is 22.7 Å². The van der Waals surface area contributed by atoms with Gasteiger partial charge in [0.05, 0.1) is 12.2 Å². The van der Waals surface area contributed by atoms with Crippen LogP contribution in [0.15, 0.2) is 22.7 Å². The van der Waals surface area contributed by atoms with Crippen LogP contribution < -0.4 is 10.6 Å². The molecule has 5 heteroatoms. The number of nitrogens with zero attached hydrogens (tertiary/aromatic N) is 1. The summed E-state index contributed by atoms with van der Waals surface area (Å²) in [6.45, 7) is 0.696. The third-order valence-corrected chi connectivity index (χ3v) is 4.59. The number of nitrogen functional groups attached to an aromatic ring is 1. The minimum atomic E-state index is 0.0613. The second-order valence-electron chi connectivity index (χ2n) is 5.26. The van der Waals surface area contributed by atoms with Gasteiger partial charge in [-0.25, -0.2) is 0 Å². The molecule has 0 aliphatic heterocycles. The van der Waals surface area contributed by atoms with Crippen LogP contribution in [0.2, 0.25) is 0 Å². The fraction of sp³-hybridized carbons (Fsp3) is 0.533. The van der Waals surface area contributed by atoms with E-state index < -0.39 is 0 Å². The topological polar surface area (TPSA) is 73.3 Å². The fourth-order valence-corrected chi connectivity index (χ4v) is 3.59. The van der Waals surface area contributed by atoms with Crippen LogP contribution in [0.5, 0.6) is 0 Å². The van der Waals surface area contributed by atoms with Gasteiger partial charge in [0.15, 0.2) is 0 Å². The van der Waals surface area contributed by atoms with E-state index in [1.807, 2.05) is 18.2 Å². The molecule has 1 aliphatic rings. The minimum Gasteiger partial charge on any atom is -0.395 e. The van der Waals surface area contributed by atoms with Crippen molar-refractivity contribution in [1.82, 2.24) is 0 Å². The maximum absolute atomic E-state index is 9.39. The number of nitrogens with two attached hydrogens (primary N) is 1. The van der Waals surface area contributed by atoms with Crippen molar-refractivity contribution < 1.29 is 5.11 Å². The van der Waals surface area contributed by atoms with Crippen LogP contribution in [-0.4, -0.2) is 30.1 Å². The van der Waals surface area contributed by atoms with Gasteiger partial charge in [0.2, 0.25) is 0 Å². The molecule has 1 saturated carbocycles. The highest BCUT2D eigenvalue weighted by Crippen LogP contribution is 2.32. The number of nitrogens with one attached hydrogen (secondary N) is 1. The van der Waals surface area contributed by atoms with Crippen LogP contribution in [0, 0.1) is 5.41 Å². The standard InChI is InChI=1S/C15H22BrN3O/c16-12-7-4-8-13(14(12)15(17)18)19(9-10-20)11-5-2-1-3-6-11/h4,7-8,11,20H,1-3,5-6,9-10H2,(H3,17,18). The zero-order valence-electron chi connectivity index (χ0n) is 11.6. The number of aliphatic hydroxyl groups excluding tert-OH is 1. The molecule has 0 aromatic heterocycles. The smallest absolute Gasteiger partial charge is 0.126 e. The van der Waals surface area contributed by atoms with E-state index in [1.165, 1.54) is 19.3 Å². The van der Waals surface area contributed by atoms with Crippen molar-refractivity contribution in [3.8, 4) is 0 Å². The molecular formula is C15H22BrN3O. The Balaban J connectivity index is 2.38. The summed E-state index contributed by atoms with van der Waals surface area (Å²) >= 11 is 3.48.